The molecule has 4 aromatic rings. The summed E-state index contributed by atoms with van der Waals surface area (Å²) in [7, 11) is 0. The molecule has 4 heteroatoms. The third kappa shape index (κ3) is 3.66. The van der Waals surface area contributed by atoms with Crippen molar-refractivity contribution in [3.63, 3.8) is 0 Å². The molecule has 146 valence electrons. The number of hydrogen-bond acceptors (Lipinski definition) is 0. The van der Waals surface area contributed by atoms with Crippen molar-refractivity contribution < 1.29 is 0 Å². The summed E-state index contributed by atoms with van der Waals surface area (Å²) in [6.07, 6.45) is 0.725. The molecule has 0 spiro atoms. The van der Waals surface area contributed by atoms with Crippen LogP contribution in [0.5, 0.6) is 0 Å². The van der Waals surface area contributed by atoms with Crippen molar-refractivity contribution in [2.24, 2.45) is 0 Å². The predicted octanol–water partition coefficient (Wildman–Crippen LogP) is 7.33. The van der Waals surface area contributed by atoms with Gasteiger partial charge in [0.15, 0.2) is 0 Å². The maximum absolute atomic E-state index is 6.67. The van der Waals surface area contributed by atoms with E-state index in [1.165, 1.54) is 15.9 Å². The van der Waals surface area contributed by atoms with Gasteiger partial charge in [-0.05, 0) is 0 Å². The van der Waals surface area contributed by atoms with Crippen LogP contribution in [0.15, 0.2) is 109 Å². The topological polar surface area (TPSA) is 0 Å². The molecule has 29 heavy (non-hydrogen) atoms. The molecule has 0 atom stereocenters. The number of rotatable bonds is 5. The van der Waals surface area contributed by atoms with Gasteiger partial charge >= 0.3 is 191 Å². The monoisotopic (exact) mass is 500 g/mol. The Morgan fingerprint density at radius 2 is 1.00 bits per heavy atom. The van der Waals surface area contributed by atoms with Crippen LogP contribution in [0.3, 0.4) is 0 Å². The molecule has 0 radical (unpaired) electrons. The average molecular weight is 502 g/mol. The fourth-order valence-corrected chi connectivity index (χ4v) is 12.1. The zero-order valence-electron chi connectivity index (χ0n) is 15.7. The molecule has 0 aromatic heterocycles. The second-order valence-corrected chi connectivity index (χ2v) is 16.9. The van der Waals surface area contributed by atoms with Crippen molar-refractivity contribution in [3.8, 4) is 0 Å². The van der Waals surface area contributed by atoms with Gasteiger partial charge in [-0.3, -0.25) is 0 Å². The first-order chi connectivity index (χ1) is 14.0. The summed E-state index contributed by atoms with van der Waals surface area (Å²) in [6.45, 7) is 0. The normalized spacial score (nSPS) is 12.9. The quantitative estimate of drug-likeness (QED) is 0.251. The summed E-state index contributed by atoms with van der Waals surface area (Å²) < 4.78 is 0. The second-order valence-electron chi connectivity index (χ2n) is 7.08. The van der Waals surface area contributed by atoms with E-state index in [0.29, 0.717) is 5.02 Å². The maximum atomic E-state index is 6.67. The van der Waals surface area contributed by atoms with Crippen molar-refractivity contribution in [3.05, 3.63) is 125 Å². The summed E-state index contributed by atoms with van der Waals surface area (Å²) in [6, 6.07) is 37.8. The molecule has 0 bridgehead atoms. The molecule has 0 amide bonds. The minimum absolute atomic E-state index is 0.691. The molecule has 0 saturated carbocycles. The molecule has 0 fully saturated rings. The zero-order valence-corrected chi connectivity index (χ0v) is 19.7. The molecule has 0 aliphatic rings. The fraction of sp³-hybridized carbons (Fsp3) is 0.0400. The standard InChI is InChI=1S/C25H20BrCl2P/c26-29(22-10-4-1-5-11-22,23-12-6-2-7-13-23,24-14-8-3-9-15-24)19-20-18-21(27)16-17-25(20)28/h1-18H,19H2. The molecule has 0 nitrogen and oxygen atoms in total. The summed E-state index contributed by atoms with van der Waals surface area (Å²) in [5, 5.41) is 2.12. The van der Waals surface area contributed by atoms with E-state index in [9.17, 15) is 0 Å². The first-order valence-electron chi connectivity index (χ1n) is 9.36. The second kappa shape index (κ2) is 8.25. The SMILES string of the molecule is Clc1ccc(Cl)c(CP(Br)(c2ccccc2)(c2ccccc2)c2ccccc2)c1. The Bertz CT molecular complexity index is 1020. The Hall–Kier alpha value is -1.63. The van der Waals surface area contributed by atoms with Crippen LogP contribution in [0.2, 0.25) is 10.0 Å². The molecule has 0 N–H and O–H groups in total. The van der Waals surface area contributed by atoms with Gasteiger partial charge in [-0.2, -0.15) is 0 Å². The molecule has 0 aliphatic heterocycles. The van der Waals surface area contributed by atoms with Crippen molar-refractivity contribution in [1.82, 2.24) is 0 Å². The molecular formula is C25H20BrCl2P. The van der Waals surface area contributed by atoms with Crippen molar-refractivity contribution in [1.29, 1.82) is 0 Å². The van der Waals surface area contributed by atoms with Gasteiger partial charge in [0, 0.05) is 0 Å². The van der Waals surface area contributed by atoms with Crippen molar-refractivity contribution in [2.45, 2.75) is 6.16 Å². The van der Waals surface area contributed by atoms with E-state index in [4.69, 9.17) is 23.2 Å². The van der Waals surface area contributed by atoms with Crippen molar-refractivity contribution >= 4 is 59.9 Å². The summed E-state index contributed by atoms with van der Waals surface area (Å²) in [5.41, 5.74) is 1.03. The minimum atomic E-state index is -3.07. The first-order valence-corrected chi connectivity index (χ1v) is 14.6. The predicted molar refractivity (Wildman–Crippen MR) is 134 cm³/mol. The van der Waals surface area contributed by atoms with Gasteiger partial charge in [0.2, 0.25) is 0 Å². The Kier molecular flexibility index (Phi) is 5.87. The van der Waals surface area contributed by atoms with E-state index in [0.717, 1.165) is 16.7 Å². The molecule has 0 unspecified atom stereocenters. The van der Waals surface area contributed by atoms with E-state index >= 15 is 0 Å². The van der Waals surface area contributed by atoms with E-state index in [1.54, 1.807) is 0 Å². The van der Waals surface area contributed by atoms with E-state index in [-0.39, 0.29) is 0 Å². The van der Waals surface area contributed by atoms with Crippen molar-refractivity contribution in [2.75, 3.05) is 0 Å². The third-order valence-corrected chi connectivity index (χ3v) is 15.5. The van der Waals surface area contributed by atoms with Gasteiger partial charge in [0.1, 0.15) is 0 Å². The van der Waals surface area contributed by atoms with Gasteiger partial charge in [-0.25, -0.2) is 0 Å². The Balaban J connectivity index is 2.11. The summed E-state index contributed by atoms with van der Waals surface area (Å²) in [4.78, 5) is 0. The van der Waals surface area contributed by atoms with Gasteiger partial charge < -0.3 is 0 Å². The molecule has 0 saturated heterocycles. The first kappa shape index (κ1) is 20.6. The van der Waals surface area contributed by atoms with E-state index < -0.39 is 5.31 Å². The zero-order chi connectivity index (χ0) is 20.3. The van der Waals surface area contributed by atoms with E-state index in [1.807, 2.05) is 18.2 Å². The Morgan fingerprint density at radius 3 is 1.41 bits per heavy atom. The van der Waals surface area contributed by atoms with Crippen LogP contribution < -0.4 is 15.9 Å². The van der Waals surface area contributed by atoms with Gasteiger partial charge in [0.25, 0.3) is 0 Å². The summed E-state index contributed by atoms with van der Waals surface area (Å²) >= 11 is 17.5. The molecule has 0 heterocycles. The van der Waals surface area contributed by atoms with Gasteiger partial charge in [-0.1, -0.05) is 0 Å². The van der Waals surface area contributed by atoms with Crippen LogP contribution >= 0.6 is 44.0 Å². The van der Waals surface area contributed by atoms with Crippen LogP contribution in [0.25, 0.3) is 0 Å². The third-order valence-electron chi connectivity index (χ3n) is 5.36. The Labute approximate surface area is 190 Å². The average Bonchev–Trinajstić information content (AvgIpc) is 2.78. The molecular weight excluding hydrogens is 482 g/mol. The van der Waals surface area contributed by atoms with E-state index in [2.05, 4.69) is 106 Å². The molecule has 0 aliphatic carbocycles. The number of benzene rings is 4. The number of hydrogen-bond donors (Lipinski definition) is 0. The van der Waals surface area contributed by atoms with Crippen LogP contribution in [0.4, 0.5) is 0 Å². The molecule has 4 rings (SSSR count). The van der Waals surface area contributed by atoms with Crippen LogP contribution in [-0.2, 0) is 6.16 Å². The van der Waals surface area contributed by atoms with Gasteiger partial charge in [-0.15, -0.1) is 0 Å². The van der Waals surface area contributed by atoms with Crippen LogP contribution in [0, 0.1) is 0 Å². The fourth-order valence-electron chi connectivity index (χ4n) is 3.92. The van der Waals surface area contributed by atoms with Crippen LogP contribution in [0.1, 0.15) is 5.56 Å². The number of halogens is 3. The van der Waals surface area contributed by atoms with Crippen LogP contribution in [-0.4, -0.2) is 0 Å². The molecule has 4 aromatic carbocycles. The van der Waals surface area contributed by atoms with Gasteiger partial charge in [0.05, 0.1) is 0 Å². The summed E-state index contributed by atoms with van der Waals surface area (Å²) in [5.74, 6) is 0. The Morgan fingerprint density at radius 1 is 0.586 bits per heavy atom.